The molecule has 0 saturated carbocycles. The van der Waals surface area contributed by atoms with Gasteiger partial charge in [0.25, 0.3) is 0 Å². The number of rotatable bonds is 10. The van der Waals surface area contributed by atoms with Crippen molar-refractivity contribution in [3.63, 3.8) is 0 Å². The minimum atomic E-state index is -0.208. The summed E-state index contributed by atoms with van der Waals surface area (Å²) in [6, 6.07) is 2.11. The summed E-state index contributed by atoms with van der Waals surface area (Å²) in [5.74, 6) is 1.89. The van der Waals surface area contributed by atoms with E-state index in [2.05, 4.69) is 78.8 Å². The first kappa shape index (κ1) is 24.4. The monoisotopic (exact) mass is 435 g/mol. The second kappa shape index (κ2) is 10.4. The predicted molar refractivity (Wildman–Crippen MR) is 123 cm³/mol. The lowest BCUT2D eigenvalue weighted by Gasteiger charge is -2.23. The molecule has 0 aromatic carbocycles. The number of aromatic nitrogens is 5. The average Bonchev–Trinajstić information content (AvgIpc) is 3.21. The van der Waals surface area contributed by atoms with Gasteiger partial charge < -0.3 is 9.88 Å². The lowest BCUT2D eigenvalue weighted by Crippen LogP contribution is -2.27. The number of nitrogens with one attached hydrogen (secondary N) is 1. The molecule has 30 heavy (non-hydrogen) atoms. The van der Waals surface area contributed by atoms with Crippen LogP contribution in [0.3, 0.4) is 0 Å². The molecule has 2 aromatic heterocycles. The number of unbranched alkanes of at least 4 members (excludes halogenated alkanes) is 1. The summed E-state index contributed by atoms with van der Waals surface area (Å²) in [7, 11) is 4.13. The van der Waals surface area contributed by atoms with E-state index in [0.29, 0.717) is 0 Å². The van der Waals surface area contributed by atoms with Crippen LogP contribution in [0.25, 0.3) is 0 Å². The van der Waals surface area contributed by atoms with Crippen LogP contribution in [0.5, 0.6) is 0 Å². The Labute approximate surface area is 184 Å². The highest BCUT2D eigenvalue weighted by Crippen LogP contribution is 2.26. The summed E-state index contributed by atoms with van der Waals surface area (Å²) in [6.45, 7) is 13.3. The van der Waals surface area contributed by atoms with Gasteiger partial charge in [0.1, 0.15) is 5.82 Å². The molecule has 168 valence electrons. The molecule has 0 aliphatic carbocycles. The van der Waals surface area contributed by atoms with Crippen molar-refractivity contribution in [2.45, 2.75) is 84.1 Å². The highest BCUT2D eigenvalue weighted by molar-refractivity contribution is 7.99. The van der Waals surface area contributed by atoms with Crippen LogP contribution in [0, 0.1) is 6.92 Å². The lowest BCUT2D eigenvalue weighted by molar-refractivity contribution is -0.113. The van der Waals surface area contributed by atoms with Crippen LogP contribution in [-0.2, 0) is 16.9 Å². The van der Waals surface area contributed by atoms with Gasteiger partial charge in [-0.3, -0.25) is 9.69 Å². The summed E-state index contributed by atoms with van der Waals surface area (Å²) in [5.41, 5.74) is 0.673. The summed E-state index contributed by atoms with van der Waals surface area (Å²) >= 11 is 1.43. The smallest absolute Gasteiger partial charge is 0.235 e. The third kappa shape index (κ3) is 6.07. The Morgan fingerprint density at radius 1 is 1.27 bits per heavy atom. The van der Waals surface area contributed by atoms with E-state index < -0.39 is 0 Å². The predicted octanol–water partition coefficient (Wildman–Crippen LogP) is 4.08. The largest absolute Gasteiger partial charge is 0.310 e. The van der Waals surface area contributed by atoms with Gasteiger partial charge in [-0.2, -0.15) is 5.10 Å². The molecule has 0 fully saturated rings. The maximum absolute atomic E-state index is 12.7. The number of carbonyl (C=O) groups is 1. The standard InChI is InChI=1S/C21H37N7OS/c1-9-11-12-27-19(16(10-2)26(7)8)23-24-20(27)30-14-18(29)22-17-13-15(3)25-28(17)21(4,5)6/h13,16H,9-12,14H2,1-8H3,(H,22,29). The molecular weight excluding hydrogens is 398 g/mol. The normalized spacial score (nSPS) is 13.1. The van der Waals surface area contributed by atoms with Gasteiger partial charge in [-0.15, -0.1) is 10.2 Å². The van der Waals surface area contributed by atoms with Gasteiger partial charge in [0.2, 0.25) is 5.91 Å². The minimum absolute atomic E-state index is 0.0726. The molecule has 1 amide bonds. The SMILES string of the molecule is CCCCn1c(SCC(=O)Nc2cc(C)nn2C(C)(C)C)nnc1C(CC)N(C)C. The van der Waals surface area contributed by atoms with Gasteiger partial charge in [0.15, 0.2) is 11.0 Å². The van der Waals surface area contributed by atoms with Gasteiger partial charge in [0.05, 0.1) is 23.0 Å². The molecule has 0 spiro atoms. The molecule has 9 heteroatoms. The zero-order chi connectivity index (χ0) is 22.5. The zero-order valence-corrected chi connectivity index (χ0v) is 20.5. The maximum atomic E-state index is 12.7. The van der Waals surface area contributed by atoms with Crippen molar-refractivity contribution in [2.24, 2.45) is 0 Å². The van der Waals surface area contributed by atoms with Crippen molar-refractivity contribution >= 4 is 23.5 Å². The lowest BCUT2D eigenvalue weighted by atomic mass is 10.1. The first-order chi connectivity index (χ1) is 14.1. The van der Waals surface area contributed by atoms with E-state index in [1.807, 2.05) is 17.7 Å². The molecule has 1 unspecified atom stereocenters. The third-order valence-corrected chi connectivity index (χ3v) is 5.82. The Hall–Kier alpha value is -1.87. The molecule has 8 nitrogen and oxygen atoms in total. The van der Waals surface area contributed by atoms with Crippen LogP contribution in [0.1, 0.15) is 71.4 Å². The summed E-state index contributed by atoms with van der Waals surface area (Å²) < 4.78 is 4.04. The first-order valence-corrected chi connectivity index (χ1v) is 11.7. The fourth-order valence-corrected chi connectivity index (χ4v) is 4.14. The van der Waals surface area contributed by atoms with Crippen molar-refractivity contribution in [1.82, 2.24) is 29.4 Å². The second-order valence-electron chi connectivity index (χ2n) is 8.82. The topological polar surface area (TPSA) is 80.9 Å². The number of thioether (sulfide) groups is 1. The molecule has 0 radical (unpaired) electrons. The van der Waals surface area contributed by atoms with Crippen LogP contribution < -0.4 is 5.32 Å². The third-order valence-electron chi connectivity index (χ3n) is 4.86. The molecule has 1 atom stereocenters. The molecule has 0 saturated heterocycles. The fourth-order valence-electron chi connectivity index (χ4n) is 3.37. The summed E-state index contributed by atoms with van der Waals surface area (Å²) in [4.78, 5) is 14.8. The van der Waals surface area contributed by atoms with E-state index in [-0.39, 0.29) is 23.2 Å². The average molecular weight is 436 g/mol. The van der Waals surface area contributed by atoms with Crippen molar-refractivity contribution in [1.29, 1.82) is 0 Å². The molecule has 2 aromatic rings. The highest BCUT2D eigenvalue weighted by atomic mass is 32.2. The number of anilines is 1. The van der Waals surface area contributed by atoms with Crippen molar-refractivity contribution in [3.05, 3.63) is 17.6 Å². The summed E-state index contributed by atoms with van der Waals surface area (Å²) in [6.07, 6.45) is 3.11. The highest BCUT2D eigenvalue weighted by Gasteiger charge is 2.23. The van der Waals surface area contributed by atoms with Crippen LogP contribution in [-0.4, -0.2) is 55.2 Å². The Kier molecular flexibility index (Phi) is 8.49. The van der Waals surface area contributed by atoms with Gasteiger partial charge in [0, 0.05) is 12.6 Å². The Bertz CT molecular complexity index is 835. The van der Waals surface area contributed by atoms with Gasteiger partial charge in [-0.1, -0.05) is 32.0 Å². The molecule has 2 rings (SSSR count). The number of amides is 1. The Morgan fingerprint density at radius 2 is 1.97 bits per heavy atom. The molecule has 0 bridgehead atoms. The number of carbonyl (C=O) groups excluding carboxylic acids is 1. The van der Waals surface area contributed by atoms with Crippen molar-refractivity contribution < 1.29 is 4.79 Å². The number of aryl methyl sites for hydroxylation is 1. The first-order valence-electron chi connectivity index (χ1n) is 10.7. The van der Waals surface area contributed by atoms with E-state index in [0.717, 1.165) is 48.3 Å². The number of hydrogen-bond acceptors (Lipinski definition) is 6. The Balaban J connectivity index is 2.13. The number of hydrogen-bond donors (Lipinski definition) is 1. The molecule has 0 aliphatic rings. The van der Waals surface area contributed by atoms with E-state index in [4.69, 9.17) is 0 Å². The van der Waals surface area contributed by atoms with Crippen LogP contribution in [0.4, 0.5) is 5.82 Å². The zero-order valence-electron chi connectivity index (χ0n) is 19.7. The van der Waals surface area contributed by atoms with Crippen LogP contribution in [0.15, 0.2) is 11.2 Å². The molecular formula is C21H37N7OS. The molecule has 1 N–H and O–H groups in total. The van der Waals surface area contributed by atoms with E-state index in [9.17, 15) is 4.79 Å². The van der Waals surface area contributed by atoms with Gasteiger partial charge in [-0.25, -0.2) is 4.68 Å². The van der Waals surface area contributed by atoms with E-state index >= 15 is 0 Å². The van der Waals surface area contributed by atoms with Crippen molar-refractivity contribution in [3.8, 4) is 0 Å². The Morgan fingerprint density at radius 3 is 2.53 bits per heavy atom. The van der Waals surface area contributed by atoms with Crippen LogP contribution in [0.2, 0.25) is 0 Å². The minimum Gasteiger partial charge on any atom is -0.310 e. The quantitative estimate of drug-likeness (QED) is 0.566. The van der Waals surface area contributed by atoms with Gasteiger partial charge in [-0.05, 0) is 54.6 Å². The molecule has 0 aliphatic heterocycles. The van der Waals surface area contributed by atoms with E-state index in [1.165, 1.54) is 11.8 Å². The molecule has 2 heterocycles. The second-order valence-corrected chi connectivity index (χ2v) is 9.77. The van der Waals surface area contributed by atoms with Crippen molar-refractivity contribution in [2.75, 3.05) is 25.2 Å². The van der Waals surface area contributed by atoms with Crippen LogP contribution >= 0.6 is 11.8 Å². The summed E-state index contributed by atoms with van der Waals surface area (Å²) in [5, 5.41) is 17.2. The maximum Gasteiger partial charge on any atom is 0.235 e. The fraction of sp³-hybridized carbons (Fsp3) is 0.714. The van der Waals surface area contributed by atoms with Gasteiger partial charge >= 0.3 is 0 Å². The number of nitrogens with zero attached hydrogens (tertiary/aromatic N) is 6. The van der Waals surface area contributed by atoms with E-state index in [1.54, 1.807) is 0 Å².